The summed E-state index contributed by atoms with van der Waals surface area (Å²) in [6.45, 7) is 11.4. The molecule has 3 heteroatoms. The van der Waals surface area contributed by atoms with Crippen LogP contribution < -0.4 is 4.74 Å². The minimum Gasteiger partial charge on any atom is -0.494 e. The number of allylic oxidation sites excluding steroid dienone is 1. The smallest absolute Gasteiger partial charge is 0.335 e. The van der Waals surface area contributed by atoms with Crippen LogP contribution in [0, 0.1) is 0 Å². The molecule has 0 heterocycles. The second-order valence-corrected chi connectivity index (χ2v) is 7.05. The van der Waals surface area contributed by atoms with Crippen molar-refractivity contribution in [2.45, 2.75) is 12.8 Å². The maximum Gasteiger partial charge on any atom is 0.335 e. The first-order valence-electron chi connectivity index (χ1n) is 10.2. The van der Waals surface area contributed by atoms with Crippen molar-refractivity contribution in [2.24, 2.45) is 0 Å². The SMILES string of the molecule is C=CC(=C)OCCCc1ccc(-c2ccc(-c3ccc(OC(=O)C=C)cc3)cc2)cc1. The summed E-state index contributed by atoms with van der Waals surface area (Å²) in [7, 11) is 0. The van der Waals surface area contributed by atoms with Crippen LogP contribution in [-0.4, -0.2) is 12.6 Å². The fourth-order valence-electron chi connectivity index (χ4n) is 3.13. The fraction of sp³-hybridized carbons (Fsp3) is 0.107. The molecule has 0 bridgehead atoms. The number of esters is 1. The van der Waals surface area contributed by atoms with E-state index in [4.69, 9.17) is 9.47 Å². The fourth-order valence-corrected chi connectivity index (χ4v) is 3.13. The van der Waals surface area contributed by atoms with Crippen molar-refractivity contribution in [1.82, 2.24) is 0 Å². The molecule has 3 aromatic rings. The van der Waals surface area contributed by atoms with Gasteiger partial charge in [-0.3, -0.25) is 0 Å². The number of rotatable bonds is 10. The standard InChI is InChI=1S/C28H26O3/c1-4-21(3)30-20-6-7-22-8-10-23(11-9-22)24-12-14-25(15-13-24)26-16-18-27(19-17-26)31-28(29)5-2/h4-5,8-19H,1-3,6-7,20H2. The van der Waals surface area contributed by atoms with Gasteiger partial charge in [-0.05, 0) is 58.9 Å². The maximum atomic E-state index is 11.3. The van der Waals surface area contributed by atoms with Crippen LogP contribution >= 0.6 is 0 Å². The van der Waals surface area contributed by atoms with Gasteiger partial charge in [-0.1, -0.05) is 80.4 Å². The Morgan fingerprint density at radius 3 is 1.71 bits per heavy atom. The largest absolute Gasteiger partial charge is 0.494 e. The molecule has 31 heavy (non-hydrogen) atoms. The predicted molar refractivity (Wildman–Crippen MR) is 127 cm³/mol. The lowest BCUT2D eigenvalue weighted by atomic mass is 9.99. The first-order valence-corrected chi connectivity index (χ1v) is 10.2. The van der Waals surface area contributed by atoms with Gasteiger partial charge in [0.25, 0.3) is 0 Å². The van der Waals surface area contributed by atoms with Crippen LogP contribution in [0.3, 0.4) is 0 Å². The highest BCUT2D eigenvalue weighted by Gasteiger charge is 2.04. The van der Waals surface area contributed by atoms with Crippen molar-refractivity contribution < 1.29 is 14.3 Å². The van der Waals surface area contributed by atoms with Gasteiger partial charge in [-0.2, -0.15) is 0 Å². The summed E-state index contributed by atoms with van der Waals surface area (Å²) in [6.07, 6.45) is 4.67. The van der Waals surface area contributed by atoms with Gasteiger partial charge in [0.2, 0.25) is 0 Å². The van der Waals surface area contributed by atoms with Crippen LogP contribution in [0.5, 0.6) is 5.75 Å². The van der Waals surface area contributed by atoms with Crippen LogP contribution in [0.25, 0.3) is 22.3 Å². The monoisotopic (exact) mass is 410 g/mol. The topological polar surface area (TPSA) is 35.5 Å². The summed E-state index contributed by atoms with van der Waals surface area (Å²) in [6, 6.07) is 24.5. The molecule has 0 radical (unpaired) electrons. The van der Waals surface area contributed by atoms with E-state index in [1.165, 1.54) is 11.1 Å². The minimum absolute atomic E-state index is 0.463. The lowest BCUT2D eigenvalue weighted by molar-refractivity contribution is -0.128. The molecule has 0 saturated heterocycles. The molecule has 156 valence electrons. The average molecular weight is 411 g/mol. The van der Waals surface area contributed by atoms with E-state index < -0.39 is 5.97 Å². The van der Waals surface area contributed by atoms with Gasteiger partial charge in [-0.25, -0.2) is 4.79 Å². The Bertz CT molecular complexity index is 1040. The van der Waals surface area contributed by atoms with E-state index in [0.717, 1.165) is 35.6 Å². The molecule has 0 aliphatic heterocycles. The third-order valence-corrected chi connectivity index (χ3v) is 4.87. The number of carbonyl (C=O) groups is 1. The summed E-state index contributed by atoms with van der Waals surface area (Å²) >= 11 is 0. The Kier molecular flexibility index (Phi) is 7.61. The van der Waals surface area contributed by atoms with Gasteiger partial charge in [0, 0.05) is 6.08 Å². The van der Waals surface area contributed by atoms with Crippen LogP contribution in [0.4, 0.5) is 0 Å². The molecule has 0 aliphatic carbocycles. The molecule has 3 nitrogen and oxygen atoms in total. The molecule has 3 rings (SSSR count). The third-order valence-electron chi connectivity index (χ3n) is 4.87. The second-order valence-electron chi connectivity index (χ2n) is 7.05. The predicted octanol–water partition coefficient (Wildman–Crippen LogP) is 6.76. The Morgan fingerprint density at radius 2 is 1.23 bits per heavy atom. The molecule has 0 aliphatic rings. The third kappa shape index (κ3) is 6.31. The van der Waals surface area contributed by atoms with Gasteiger partial charge in [0.05, 0.1) is 6.61 Å². The minimum atomic E-state index is -0.463. The zero-order chi connectivity index (χ0) is 22.1. The number of carbonyl (C=O) groups excluding carboxylic acids is 1. The van der Waals surface area contributed by atoms with E-state index in [1.54, 1.807) is 18.2 Å². The molecule has 0 unspecified atom stereocenters. The van der Waals surface area contributed by atoms with Crippen molar-refractivity contribution in [1.29, 1.82) is 0 Å². The van der Waals surface area contributed by atoms with Gasteiger partial charge >= 0.3 is 5.97 Å². The summed E-state index contributed by atoms with van der Waals surface area (Å²) in [5.41, 5.74) is 5.78. The Balaban J connectivity index is 1.59. The molecule has 0 aromatic heterocycles. The summed E-state index contributed by atoms with van der Waals surface area (Å²) in [4.78, 5) is 11.3. The van der Waals surface area contributed by atoms with Crippen molar-refractivity contribution >= 4 is 5.97 Å². The zero-order valence-electron chi connectivity index (χ0n) is 17.6. The van der Waals surface area contributed by atoms with Gasteiger partial charge in [0.15, 0.2) is 0 Å². The molecule has 0 spiro atoms. The van der Waals surface area contributed by atoms with E-state index >= 15 is 0 Å². The first kappa shape index (κ1) is 21.8. The normalized spacial score (nSPS) is 10.2. The first-order chi connectivity index (χ1) is 15.1. The van der Waals surface area contributed by atoms with E-state index in [-0.39, 0.29) is 0 Å². The lowest BCUT2D eigenvalue weighted by Crippen LogP contribution is -2.02. The number of ether oxygens (including phenoxy) is 2. The molecule has 0 amide bonds. The molecule has 0 saturated carbocycles. The summed E-state index contributed by atoms with van der Waals surface area (Å²) in [5.74, 6) is 0.656. The lowest BCUT2D eigenvalue weighted by Gasteiger charge is -2.08. The van der Waals surface area contributed by atoms with Crippen molar-refractivity contribution in [3.63, 3.8) is 0 Å². The molecule has 0 N–H and O–H groups in total. The van der Waals surface area contributed by atoms with E-state index in [9.17, 15) is 4.79 Å². The molecule has 0 fully saturated rings. The summed E-state index contributed by atoms with van der Waals surface area (Å²) in [5, 5.41) is 0. The highest BCUT2D eigenvalue weighted by Crippen LogP contribution is 2.26. The number of hydrogen-bond acceptors (Lipinski definition) is 3. The number of benzene rings is 3. The summed E-state index contributed by atoms with van der Waals surface area (Å²) < 4.78 is 10.6. The van der Waals surface area contributed by atoms with Gasteiger partial charge in [-0.15, -0.1) is 0 Å². The van der Waals surface area contributed by atoms with Crippen LogP contribution in [0.15, 0.2) is 110 Å². The molecule has 0 atom stereocenters. The second kappa shape index (κ2) is 10.8. The van der Waals surface area contributed by atoms with E-state index in [1.807, 2.05) is 12.1 Å². The van der Waals surface area contributed by atoms with Gasteiger partial charge < -0.3 is 9.47 Å². The molecular weight excluding hydrogens is 384 g/mol. The molecular formula is C28H26O3. The highest BCUT2D eigenvalue weighted by molar-refractivity contribution is 5.83. The highest BCUT2D eigenvalue weighted by atomic mass is 16.5. The van der Waals surface area contributed by atoms with Crippen LogP contribution in [-0.2, 0) is 16.0 Å². The van der Waals surface area contributed by atoms with Gasteiger partial charge in [0.1, 0.15) is 11.5 Å². The Labute approximate surface area is 184 Å². The Hall–Kier alpha value is -3.85. The number of aryl methyl sites for hydroxylation is 1. The van der Waals surface area contributed by atoms with Crippen LogP contribution in [0.1, 0.15) is 12.0 Å². The Morgan fingerprint density at radius 1 is 0.742 bits per heavy atom. The van der Waals surface area contributed by atoms with Crippen LogP contribution in [0.2, 0.25) is 0 Å². The van der Waals surface area contributed by atoms with Crippen molar-refractivity contribution in [2.75, 3.05) is 6.61 Å². The number of hydrogen-bond donors (Lipinski definition) is 0. The molecule has 3 aromatic carbocycles. The average Bonchev–Trinajstić information content (AvgIpc) is 2.82. The maximum absolute atomic E-state index is 11.3. The zero-order valence-corrected chi connectivity index (χ0v) is 17.6. The van der Waals surface area contributed by atoms with E-state index in [2.05, 4.69) is 68.3 Å². The van der Waals surface area contributed by atoms with Crippen molar-refractivity contribution in [3.8, 4) is 28.0 Å². The van der Waals surface area contributed by atoms with Crippen molar-refractivity contribution in [3.05, 3.63) is 116 Å². The quantitative estimate of drug-likeness (QED) is 0.0925. The van der Waals surface area contributed by atoms with E-state index in [0.29, 0.717) is 18.1 Å².